The van der Waals surface area contributed by atoms with Crippen LogP contribution in [0.5, 0.6) is 0 Å². The highest BCUT2D eigenvalue weighted by molar-refractivity contribution is 7.85. The molecule has 0 bridgehead atoms. The first-order chi connectivity index (χ1) is 26.7. The van der Waals surface area contributed by atoms with Gasteiger partial charge in [0.25, 0.3) is 16.0 Å². The smallest absolute Gasteiger partial charge is 0.261 e. The van der Waals surface area contributed by atoms with Gasteiger partial charge < -0.3 is 25.7 Å². The quantitative estimate of drug-likeness (QED) is 0.160. The highest BCUT2D eigenvalue weighted by Crippen LogP contribution is 2.34. The third kappa shape index (κ3) is 10.4. The normalized spacial score (nSPS) is 15.6. The van der Waals surface area contributed by atoms with Gasteiger partial charge in [-0.15, -0.1) is 0 Å². The van der Waals surface area contributed by atoms with Crippen LogP contribution >= 0.6 is 0 Å². The van der Waals surface area contributed by atoms with Crippen LogP contribution in [-0.4, -0.2) is 90.9 Å². The molecule has 0 aliphatic carbocycles. The number of primary amides is 1. The summed E-state index contributed by atoms with van der Waals surface area (Å²) in [4.78, 5) is 36.5. The number of nitrogens with zero attached hydrogens (tertiary/aromatic N) is 4. The number of nitrogens with two attached hydrogens (primary N) is 2. The molecular formula is C43H50N6O6S. The second-order valence-electron chi connectivity index (χ2n) is 14.8. The van der Waals surface area contributed by atoms with Gasteiger partial charge in [0.05, 0.1) is 11.9 Å². The summed E-state index contributed by atoms with van der Waals surface area (Å²) in [5.74, 6) is 0.0136. The molecule has 12 nitrogen and oxygen atoms in total. The van der Waals surface area contributed by atoms with E-state index in [0.29, 0.717) is 49.0 Å². The van der Waals surface area contributed by atoms with E-state index in [2.05, 4.69) is 52.2 Å². The van der Waals surface area contributed by atoms with Crippen molar-refractivity contribution in [1.29, 1.82) is 0 Å². The molecule has 2 aromatic heterocycles. The minimum Gasteiger partial charge on any atom is -0.383 e. The Morgan fingerprint density at radius 3 is 2.02 bits per heavy atom. The monoisotopic (exact) mass is 778 g/mol. The lowest BCUT2D eigenvalue weighted by Gasteiger charge is -2.32. The molecule has 1 amide bonds. The van der Waals surface area contributed by atoms with Gasteiger partial charge in [-0.25, -0.2) is 4.98 Å². The summed E-state index contributed by atoms with van der Waals surface area (Å²) in [6.45, 7) is 9.33. The molecule has 0 saturated carbocycles. The van der Waals surface area contributed by atoms with Crippen LogP contribution in [0.25, 0.3) is 44.6 Å². The van der Waals surface area contributed by atoms with Gasteiger partial charge in [0.2, 0.25) is 5.43 Å². The predicted molar refractivity (Wildman–Crippen MR) is 222 cm³/mol. The number of carbonyl (C=O) groups excluding carboxylic acids is 1. The van der Waals surface area contributed by atoms with Crippen LogP contribution in [-0.2, 0) is 27.9 Å². The number of ether oxygens (including phenoxy) is 1. The summed E-state index contributed by atoms with van der Waals surface area (Å²) in [6, 6.07) is 26.3. The maximum Gasteiger partial charge on any atom is 0.261 e. The first-order valence-corrected chi connectivity index (χ1v) is 20.6. The van der Waals surface area contributed by atoms with Gasteiger partial charge in [0, 0.05) is 81.6 Å². The predicted octanol–water partition coefficient (Wildman–Crippen LogP) is 5.58. The number of piperazine rings is 1. The summed E-state index contributed by atoms with van der Waals surface area (Å²) in [6.07, 6.45) is 6.22. The van der Waals surface area contributed by atoms with Gasteiger partial charge in [-0.05, 0) is 66.6 Å². The van der Waals surface area contributed by atoms with Crippen LogP contribution in [0.4, 0.5) is 5.82 Å². The summed E-state index contributed by atoms with van der Waals surface area (Å²) in [5, 5.41) is 0. The Morgan fingerprint density at radius 1 is 0.857 bits per heavy atom. The molecule has 2 fully saturated rings. The molecule has 0 radical (unpaired) electrons. The van der Waals surface area contributed by atoms with Crippen molar-refractivity contribution in [3.8, 4) is 44.6 Å². The number of carbonyl (C=O) groups is 1. The van der Waals surface area contributed by atoms with Crippen LogP contribution in [0.3, 0.4) is 0 Å². The fraction of sp³-hybridized carbons (Fsp3) is 0.326. The summed E-state index contributed by atoms with van der Waals surface area (Å²) < 4.78 is 33.5. The number of aryl methyl sites for hydroxylation is 1. The number of pyridine rings is 2. The van der Waals surface area contributed by atoms with Crippen LogP contribution in [0, 0.1) is 12.8 Å². The molecule has 0 unspecified atom stereocenters. The van der Waals surface area contributed by atoms with Gasteiger partial charge >= 0.3 is 0 Å². The van der Waals surface area contributed by atoms with Crippen molar-refractivity contribution < 1.29 is 22.5 Å². The molecule has 2 aliphatic heterocycles. The van der Waals surface area contributed by atoms with E-state index in [1.54, 1.807) is 0 Å². The number of likely N-dealkylation sites (N-methyl/N-ethyl adjacent to an activating group) is 1. The largest absolute Gasteiger partial charge is 0.383 e. The minimum absolute atomic E-state index is 0.00729. The molecule has 13 heteroatoms. The molecule has 2 aliphatic rings. The second kappa shape index (κ2) is 17.7. The SMILES string of the molecule is CS(=O)(=O)O.Cc1ccc(-c2cn(CC3CCOCC3)c(-c3ccc(-c4cc(-c5ccc(CN6CCN(C)CC6)cc5)cnc4N)cc3)c(C(N)=O)c2=O)cc1. The Bertz CT molecular complexity index is 2310. The Kier molecular flexibility index (Phi) is 12.8. The lowest BCUT2D eigenvalue weighted by atomic mass is 9.94. The van der Waals surface area contributed by atoms with E-state index in [1.807, 2.05) is 72.4 Å². The summed E-state index contributed by atoms with van der Waals surface area (Å²) in [7, 11) is -1.49. The Labute approximate surface area is 328 Å². The second-order valence-corrected chi connectivity index (χ2v) is 16.2. The number of aromatic nitrogens is 2. The van der Waals surface area contributed by atoms with Crippen molar-refractivity contribution in [2.75, 3.05) is 58.4 Å². The number of nitrogen functional groups attached to an aromatic ring is 1. The average Bonchev–Trinajstić information content (AvgIpc) is 3.17. The zero-order valence-electron chi connectivity index (χ0n) is 32.1. The first-order valence-electron chi connectivity index (χ1n) is 18.7. The van der Waals surface area contributed by atoms with E-state index in [9.17, 15) is 18.0 Å². The van der Waals surface area contributed by atoms with Crippen molar-refractivity contribution in [1.82, 2.24) is 19.4 Å². The number of benzene rings is 3. The maximum atomic E-state index is 14.0. The molecule has 5 aromatic rings. The third-order valence-corrected chi connectivity index (χ3v) is 10.4. The van der Waals surface area contributed by atoms with Crippen LogP contribution in [0.1, 0.15) is 34.3 Å². The van der Waals surface area contributed by atoms with Crippen molar-refractivity contribution in [3.63, 3.8) is 0 Å². The Morgan fingerprint density at radius 2 is 1.41 bits per heavy atom. The van der Waals surface area contributed by atoms with Gasteiger partial charge in [-0.2, -0.15) is 8.42 Å². The number of hydrogen-bond acceptors (Lipinski definition) is 9. The molecule has 56 heavy (non-hydrogen) atoms. The van der Waals surface area contributed by atoms with Crippen molar-refractivity contribution in [3.05, 3.63) is 118 Å². The number of amides is 1. The van der Waals surface area contributed by atoms with Crippen molar-refractivity contribution >= 4 is 21.8 Å². The number of anilines is 1. The van der Waals surface area contributed by atoms with E-state index in [0.717, 1.165) is 84.5 Å². The van der Waals surface area contributed by atoms with Crippen LogP contribution in [0.2, 0.25) is 0 Å². The van der Waals surface area contributed by atoms with E-state index >= 15 is 0 Å². The molecule has 7 rings (SSSR count). The Balaban J connectivity index is 0.00000100. The van der Waals surface area contributed by atoms with E-state index in [1.165, 1.54) is 5.56 Å². The van der Waals surface area contributed by atoms with Crippen LogP contribution < -0.4 is 16.9 Å². The number of rotatable bonds is 9. The van der Waals surface area contributed by atoms with E-state index in [4.69, 9.17) is 20.8 Å². The zero-order chi connectivity index (χ0) is 40.0. The lowest BCUT2D eigenvalue weighted by Crippen LogP contribution is -2.43. The first kappa shape index (κ1) is 40.5. The molecule has 5 N–H and O–H groups in total. The number of hydrogen-bond donors (Lipinski definition) is 3. The highest BCUT2D eigenvalue weighted by atomic mass is 32.2. The fourth-order valence-electron chi connectivity index (χ4n) is 7.23. The molecule has 2 saturated heterocycles. The van der Waals surface area contributed by atoms with E-state index < -0.39 is 16.0 Å². The average molecular weight is 779 g/mol. The molecular weight excluding hydrogens is 729 g/mol. The summed E-state index contributed by atoms with van der Waals surface area (Å²) in [5.41, 5.74) is 20.6. The maximum absolute atomic E-state index is 14.0. The molecule has 0 atom stereocenters. The lowest BCUT2D eigenvalue weighted by molar-refractivity contribution is 0.0613. The third-order valence-electron chi connectivity index (χ3n) is 10.4. The van der Waals surface area contributed by atoms with Gasteiger partial charge in [-0.3, -0.25) is 19.0 Å². The van der Waals surface area contributed by atoms with Crippen LogP contribution in [0.15, 0.2) is 96.1 Å². The van der Waals surface area contributed by atoms with Gasteiger partial charge in [0.1, 0.15) is 11.4 Å². The molecule has 3 aromatic carbocycles. The van der Waals surface area contributed by atoms with Gasteiger partial charge in [0.15, 0.2) is 0 Å². The van der Waals surface area contributed by atoms with Crippen molar-refractivity contribution in [2.24, 2.45) is 11.7 Å². The minimum atomic E-state index is -3.67. The molecule has 294 valence electrons. The highest BCUT2D eigenvalue weighted by Gasteiger charge is 2.25. The summed E-state index contributed by atoms with van der Waals surface area (Å²) >= 11 is 0. The zero-order valence-corrected chi connectivity index (χ0v) is 33.0. The fourth-order valence-corrected chi connectivity index (χ4v) is 7.23. The standard InChI is InChI=1S/C42H46N6O3.CH4O3S/c1-28-3-7-33(8-4-28)37-27-48(26-30-15-21-51-22-16-30)39(38(40(37)49)42(44)50)34-13-11-32(12-14-34)36-23-35(24-45-41(36)43)31-9-5-29(6-10-31)25-47-19-17-46(2)18-20-47;1-5(2,3)4/h3-14,23-24,27,30H,15-22,25-26H2,1-2H3,(H2,43,45)(H2,44,50);1H3,(H,2,3,4). The molecule has 0 spiro atoms. The Hall–Kier alpha value is -5.18. The van der Waals surface area contributed by atoms with Crippen molar-refractivity contribution in [2.45, 2.75) is 32.9 Å². The van der Waals surface area contributed by atoms with Gasteiger partial charge in [-0.1, -0.05) is 78.4 Å². The molecule has 4 heterocycles. The topological polar surface area (TPSA) is 174 Å². The van der Waals surface area contributed by atoms with E-state index in [-0.39, 0.29) is 11.0 Å².